The van der Waals surface area contributed by atoms with E-state index in [0.29, 0.717) is 11.4 Å². The Hall–Kier alpha value is -2.24. The van der Waals surface area contributed by atoms with Crippen LogP contribution in [0.5, 0.6) is 5.75 Å². The number of carbonyl (C=O) groups is 2. The third kappa shape index (κ3) is 2.71. The minimum Gasteiger partial charge on any atom is -0.482 e. The van der Waals surface area contributed by atoms with Gasteiger partial charge in [0.1, 0.15) is 5.75 Å². The van der Waals surface area contributed by atoms with E-state index < -0.39 is 0 Å². The van der Waals surface area contributed by atoms with Crippen molar-refractivity contribution >= 4 is 23.2 Å². The van der Waals surface area contributed by atoms with Gasteiger partial charge < -0.3 is 20.3 Å². The van der Waals surface area contributed by atoms with E-state index in [9.17, 15) is 9.59 Å². The molecule has 1 aromatic rings. The second-order valence-corrected chi connectivity index (χ2v) is 4.19. The molecule has 1 aliphatic heterocycles. The Morgan fingerprint density at radius 1 is 1.50 bits per heavy atom. The normalized spacial score (nSPS) is 13.1. The van der Waals surface area contributed by atoms with Gasteiger partial charge >= 0.3 is 0 Å². The Morgan fingerprint density at radius 3 is 3.00 bits per heavy atom. The molecule has 0 aliphatic carbocycles. The summed E-state index contributed by atoms with van der Waals surface area (Å²) in [4.78, 5) is 24.1. The monoisotopic (exact) mass is 249 g/mol. The molecule has 0 aromatic heterocycles. The highest BCUT2D eigenvalue weighted by molar-refractivity contribution is 5.96. The number of carbonyl (C=O) groups excluding carboxylic acids is 2. The van der Waals surface area contributed by atoms with E-state index in [4.69, 9.17) is 4.74 Å². The fourth-order valence-corrected chi connectivity index (χ4v) is 1.53. The van der Waals surface area contributed by atoms with Crippen molar-refractivity contribution in [2.75, 3.05) is 37.9 Å². The van der Waals surface area contributed by atoms with Crippen molar-refractivity contribution in [2.45, 2.75) is 0 Å². The molecule has 0 spiro atoms. The molecule has 0 radical (unpaired) electrons. The van der Waals surface area contributed by atoms with E-state index in [1.807, 2.05) is 0 Å². The predicted octanol–water partition coefficient (Wildman–Crippen LogP) is 0.518. The SMILES string of the molecule is CN(C)C(=O)CNc1ccc2c(c1)NC(=O)CO2. The van der Waals surface area contributed by atoms with Crippen molar-refractivity contribution in [3.8, 4) is 5.75 Å². The summed E-state index contributed by atoms with van der Waals surface area (Å²) in [5.74, 6) is 0.441. The molecule has 0 atom stereocenters. The fourth-order valence-electron chi connectivity index (χ4n) is 1.53. The number of amides is 2. The molecule has 6 nitrogen and oxygen atoms in total. The molecule has 2 amide bonds. The number of fused-ring (bicyclic) bond motifs is 1. The van der Waals surface area contributed by atoms with Crippen LogP contribution in [0.25, 0.3) is 0 Å². The van der Waals surface area contributed by atoms with E-state index >= 15 is 0 Å². The molecule has 0 saturated carbocycles. The Balaban J connectivity index is 2.04. The Morgan fingerprint density at radius 2 is 2.28 bits per heavy atom. The standard InChI is InChI=1S/C12H15N3O3/c1-15(2)12(17)6-13-8-3-4-10-9(5-8)14-11(16)7-18-10/h3-5,13H,6-7H2,1-2H3,(H,14,16). The topological polar surface area (TPSA) is 70.7 Å². The average molecular weight is 249 g/mol. The Bertz CT molecular complexity index is 485. The number of hydrogen-bond donors (Lipinski definition) is 2. The van der Waals surface area contributed by atoms with Crippen LogP contribution in [0.15, 0.2) is 18.2 Å². The van der Waals surface area contributed by atoms with E-state index in [0.717, 1.165) is 5.69 Å². The molecule has 0 saturated heterocycles. The number of nitrogens with one attached hydrogen (secondary N) is 2. The van der Waals surface area contributed by atoms with E-state index in [1.54, 1.807) is 32.3 Å². The Kier molecular flexibility index (Phi) is 3.36. The van der Waals surface area contributed by atoms with Gasteiger partial charge in [0.05, 0.1) is 12.2 Å². The highest BCUT2D eigenvalue weighted by atomic mass is 16.5. The molecular weight excluding hydrogens is 234 g/mol. The third-order valence-corrected chi connectivity index (χ3v) is 2.55. The largest absolute Gasteiger partial charge is 0.482 e. The van der Waals surface area contributed by atoms with Crippen LogP contribution in [0.3, 0.4) is 0 Å². The van der Waals surface area contributed by atoms with Crippen LogP contribution in [0.2, 0.25) is 0 Å². The number of benzene rings is 1. The predicted molar refractivity (Wildman–Crippen MR) is 67.8 cm³/mol. The van der Waals surface area contributed by atoms with Gasteiger partial charge in [0.15, 0.2) is 6.61 Å². The maximum absolute atomic E-state index is 11.4. The number of likely N-dealkylation sites (N-methyl/N-ethyl adjacent to an activating group) is 1. The maximum Gasteiger partial charge on any atom is 0.262 e. The van der Waals surface area contributed by atoms with Crippen molar-refractivity contribution in [3.63, 3.8) is 0 Å². The minimum absolute atomic E-state index is 0.0204. The highest BCUT2D eigenvalue weighted by Crippen LogP contribution is 2.30. The summed E-state index contributed by atoms with van der Waals surface area (Å²) in [7, 11) is 3.40. The van der Waals surface area contributed by atoms with Gasteiger partial charge in [0.2, 0.25) is 5.91 Å². The van der Waals surface area contributed by atoms with Crippen molar-refractivity contribution in [1.29, 1.82) is 0 Å². The maximum atomic E-state index is 11.4. The van der Waals surface area contributed by atoms with Crippen LogP contribution in [0.1, 0.15) is 0 Å². The highest BCUT2D eigenvalue weighted by Gasteiger charge is 2.16. The molecule has 0 bridgehead atoms. The van der Waals surface area contributed by atoms with Gasteiger partial charge in [-0.25, -0.2) is 0 Å². The smallest absolute Gasteiger partial charge is 0.262 e. The van der Waals surface area contributed by atoms with Gasteiger partial charge in [0.25, 0.3) is 5.91 Å². The van der Waals surface area contributed by atoms with Crippen molar-refractivity contribution in [2.24, 2.45) is 0 Å². The van der Waals surface area contributed by atoms with E-state index in [2.05, 4.69) is 10.6 Å². The molecule has 2 N–H and O–H groups in total. The molecule has 2 rings (SSSR count). The first kappa shape index (κ1) is 12.2. The van der Waals surface area contributed by atoms with Gasteiger partial charge in [-0.15, -0.1) is 0 Å². The average Bonchev–Trinajstić information content (AvgIpc) is 2.35. The van der Waals surface area contributed by atoms with Gasteiger partial charge in [-0.2, -0.15) is 0 Å². The summed E-state index contributed by atoms with van der Waals surface area (Å²) in [6, 6.07) is 5.31. The quantitative estimate of drug-likeness (QED) is 0.819. The van der Waals surface area contributed by atoms with Crippen molar-refractivity contribution < 1.29 is 14.3 Å². The Labute approximate surface area is 105 Å². The fraction of sp³-hybridized carbons (Fsp3) is 0.333. The first-order valence-corrected chi connectivity index (χ1v) is 5.57. The molecule has 1 aliphatic rings. The van der Waals surface area contributed by atoms with Crippen LogP contribution in [0.4, 0.5) is 11.4 Å². The molecular formula is C12H15N3O3. The summed E-state index contributed by atoms with van der Waals surface area (Å²) < 4.78 is 5.24. The van der Waals surface area contributed by atoms with Gasteiger partial charge in [-0.05, 0) is 18.2 Å². The summed E-state index contributed by atoms with van der Waals surface area (Å²) in [6.07, 6.45) is 0. The number of hydrogen-bond acceptors (Lipinski definition) is 4. The molecule has 1 heterocycles. The summed E-state index contributed by atoms with van der Waals surface area (Å²) >= 11 is 0. The van der Waals surface area contributed by atoms with Crippen molar-refractivity contribution in [1.82, 2.24) is 4.90 Å². The molecule has 1 aromatic carbocycles. The van der Waals surface area contributed by atoms with Crippen molar-refractivity contribution in [3.05, 3.63) is 18.2 Å². The number of ether oxygens (including phenoxy) is 1. The molecule has 96 valence electrons. The summed E-state index contributed by atoms with van der Waals surface area (Å²) in [6.45, 7) is 0.249. The lowest BCUT2D eigenvalue weighted by Gasteiger charge is -2.19. The summed E-state index contributed by atoms with van der Waals surface area (Å²) in [5, 5.41) is 5.70. The van der Waals surface area contributed by atoms with E-state index in [-0.39, 0.29) is 25.0 Å². The first-order chi connectivity index (χ1) is 8.56. The molecule has 0 unspecified atom stereocenters. The van der Waals surface area contributed by atoms with E-state index in [1.165, 1.54) is 4.90 Å². The summed E-state index contributed by atoms with van der Waals surface area (Å²) in [5.41, 5.74) is 1.38. The van der Waals surface area contributed by atoms with Crippen LogP contribution in [-0.2, 0) is 9.59 Å². The number of rotatable bonds is 3. The molecule has 6 heteroatoms. The van der Waals surface area contributed by atoms with Gasteiger partial charge in [0, 0.05) is 19.8 Å². The lowest BCUT2D eigenvalue weighted by Crippen LogP contribution is -2.29. The molecule has 0 fully saturated rings. The number of anilines is 2. The zero-order valence-electron chi connectivity index (χ0n) is 10.3. The van der Waals surface area contributed by atoms with Crippen LogP contribution >= 0.6 is 0 Å². The van der Waals surface area contributed by atoms with Crippen LogP contribution in [-0.4, -0.2) is 44.0 Å². The van der Waals surface area contributed by atoms with Gasteiger partial charge in [-0.1, -0.05) is 0 Å². The lowest BCUT2D eigenvalue weighted by molar-refractivity contribution is -0.126. The second-order valence-electron chi connectivity index (χ2n) is 4.19. The zero-order valence-corrected chi connectivity index (χ0v) is 10.3. The molecule has 18 heavy (non-hydrogen) atoms. The second kappa shape index (κ2) is 4.95. The van der Waals surface area contributed by atoms with Crippen LogP contribution < -0.4 is 15.4 Å². The zero-order chi connectivity index (χ0) is 13.1. The first-order valence-electron chi connectivity index (χ1n) is 5.57. The number of nitrogens with zero attached hydrogens (tertiary/aromatic N) is 1. The van der Waals surface area contributed by atoms with Crippen LogP contribution in [0, 0.1) is 0 Å². The van der Waals surface area contributed by atoms with Gasteiger partial charge in [-0.3, -0.25) is 9.59 Å². The minimum atomic E-state index is -0.177. The third-order valence-electron chi connectivity index (χ3n) is 2.55. The lowest BCUT2D eigenvalue weighted by atomic mass is 10.2.